The van der Waals surface area contributed by atoms with E-state index in [0.29, 0.717) is 49.8 Å². The van der Waals surface area contributed by atoms with Crippen LogP contribution in [0.3, 0.4) is 0 Å². The zero-order valence-electron chi connectivity index (χ0n) is 24.7. The van der Waals surface area contributed by atoms with Gasteiger partial charge >= 0.3 is 0 Å². The number of piperidine rings is 1. The molecule has 3 fully saturated rings. The highest BCUT2D eigenvalue weighted by atomic mass is 35.5. The molecule has 0 spiro atoms. The third-order valence-corrected chi connectivity index (χ3v) is 9.21. The van der Waals surface area contributed by atoms with Crippen LogP contribution in [0.4, 0.5) is 0 Å². The molecule has 0 unspecified atom stereocenters. The van der Waals surface area contributed by atoms with Crippen molar-refractivity contribution in [1.82, 2.24) is 25.8 Å². The summed E-state index contributed by atoms with van der Waals surface area (Å²) < 4.78 is 0. The van der Waals surface area contributed by atoms with Crippen LogP contribution in [-0.2, 0) is 20.8 Å². The number of halogens is 1. The maximum Gasteiger partial charge on any atom is 0.245 e. The van der Waals surface area contributed by atoms with E-state index >= 15 is 0 Å². The number of carbonyl (C=O) groups excluding carboxylic acids is 3. The zero-order chi connectivity index (χ0) is 28.9. The van der Waals surface area contributed by atoms with E-state index in [1.165, 1.54) is 6.42 Å². The second kappa shape index (κ2) is 13.2. The van der Waals surface area contributed by atoms with E-state index in [2.05, 4.69) is 20.9 Å². The van der Waals surface area contributed by atoms with E-state index in [1.54, 1.807) is 0 Å². The summed E-state index contributed by atoms with van der Waals surface area (Å²) in [6.45, 7) is 9.34. The number of amides is 3. The lowest BCUT2D eigenvalue weighted by Crippen LogP contribution is -2.61. The lowest BCUT2D eigenvalue weighted by molar-refractivity contribution is -0.147. The number of benzene rings is 1. The van der Waals surface area contributed by atoms with Crippen LogP contribution < -0.4 is 16.0 Å². The summed E-state index contributed by atoms with van der Waals surface area (Å²) in [7, 11) is 2.00. The van der Waals surface area contributed by atoms with E-state index in [9.17, 15) is 14.4 Å². The van der Waals surface area contributed by atoms with E-state index in [1.807, 2.05) is 57.0 Å². The Labute approximate surface area is 244 Å². The van der Waals surface area contributed by atoms with Crippen LogP contribution in [0.15, 0.2) is 24.3 Å². The summed E-state index contributed by atoms with van der Waals surface area (Å²) in [5.41, 5.74) is 0.187. The number of hydrogen-bond acceptors (Lipinski definition) is 5. The molecule has 2 saturated heterocycles. The summed E-state index contributed by atoms with van der Waals surface area (Å²) in [6, 6.07) is 6.38. The second-order valence-electron chi connectivity index (χ2n) is 13.2. The van der Waals surface area contributed by atoms with Crippen LogP contribution in [0.2, 0.25) is 5.02 Å². The fourth-order valence-corrected chi connectivity index (χ4v) is 6.81. The van der Waals surface area contributed by atoms with Gasteiger partial charge in [0.05, 0.1) is 11.5 Å². The molecule has 2 heterocycles. The third kappa shape index (κ3) is 7.77. The maximum atomic E-state index is 14.0. The highest BCUT2D eigenvalue weighted by molar-refractivity contribution is 6.30. The minimum atomic E-state index is -0.687. The monoisotopic (exact) mass is 573 g/mol. The van der Waals surface area contributed by atoms with Crippen LogP contribution in [0.5, 0.6) is 0 Å². The molecule has 9 heteroatoms. The van der Waals surface area contributed by atoms with Crippen molar-refractivity contribution >= 4 is 29.3 Å². The molecular formula is C31H48ClN5O3. The molecule has 1 aromatic rings. The first kappa shape index (κ1) is 30.8. The molecule has 40 heavy (non-hydrogen) atoms. The smallest absolute Gasteiger partial charge is 0.245 e. The first-order valence-corrected chi connectivity index (χ1v) is 15.4. The number of likely N-dealkylation sites (N-methyl/N-ethyl adjacent to an activating group) is 1. The minimum Gasteiger partial charge on any atom is -0.351 e. The molecule has 3 amide bonds. The standard InChI is InChI=1S/C31H48ClN5O3/c1-30(2,3)35-29(40)31(23-8-6-5-7-9-23)14-17-37(18-15-31)28(39)25(20-22-10-12-24(32)13-11-22)34-27(38)26-21-36(4)19-16-33-26/h10-13,23,25-26,33H,5-9,14-21H2,1-4H3,(H,34,38)(H,35,40)/t25-,26+/m1/s1. The summed E-state index contributed by atoms with van der Waals surface area (Å²) in [5.74, 6) is 0.246. The average molecular weight is 574 g/mol. The SMILES string of the molecule is CN1CCN[C@H](C(=O)N[C@H](Cc2ccc(Cl)cc2)C(=O)N2CCC(C(=O)NC(C)(C)C)(C3CCCCC3)CC2)C1. The molecule has 1 aliphatic carbocycles. The average Bonchev–Trinajstić information content (AvgIpc) is 2.93. The molecule has 0 radical (unpaired) electrons. The highest BCUT2D eigenvalue weighted by Crippen LogP contribution is 2.46. The molecular weight excluding hydrogens is 526 g/mol. The van der Waals surface area contributed by atoms with Gasteiger partial charge in [-0.3, -0.25) is 14.4 Å². The van der Waals surface area contributed by atoms with Gasteiger partial charge in [0.1, 0.15) is 6.04 Å². The van der Waals surface area contributed by atoms with Gasteiger partial charge in [0.15, 0.2) is 0 Å². The van der Waals surface area contributed by atoms with Crippen LogP contribution in [0, 0.1) is 11.3 Å². The number of nitrogens with one attached hydrogen (secondary N) is 3. The van der Waals surface area contributed by atoms with Crippen molar-refractivity contribution in [2.75, 3.05) is 39.8 Å². The predicted octanol–water partition coefficient (Wildman–Crippen LogP) is 3.37. The molecule has 222 valence electrons. The molecule has 2 atom stereocenters. The van der Waals surface area contributed by atoms with Crippen molar-refractivity contribution in [3.05, 3.63) is 34.9 Å². The molecule has 3 aliphatic rings. The molecule has 8 nitrogen and oxygen atoms in total. The topological polar surface area (TPSA) is 93.8 Å². The van der Waals surface area contributed by atoms with E-state index in [4.69, 9.17) is 11.6 Å². The van der Waals surface area contributed by atoms with E-state index in [-0.39, 0.29) is 29.3 Å². The first-order valence-electron chi connectivity index (χ1n) is 15.0. The fraction of sp³-hybridized carbons (Fsp3) is 0.710. The molecule has 0 bridgehead atoms. The van der Waals surface area contributed by atoms with Crippen LogP contribution in [0.25, 0.3) is 0 Å². The quantitative estimate of drug-likeness (QED) is 0.465. The van der Waals surface area contributed by atoms with Crippen molar-refractivity contribution in [3.63, 3.8) is 0 Å². The fourth-order valence-electron chi connectivity index (χ4n) is 6.69. The zero-order valence-corrected chi connectivity index (χ0v) is 25.5. The lowest BCUT2D eigenvalue weighted by Gasteiger charge is -2.48. The van der Waals surface area contributed by atoms with Gasteiger partial charge in [0.25, 0.3) is 0 Å². The molecule has 3 N–H and O–H groups in total. The van der Waals surface area contributed by atoms with Gasteiger partial charge in [0, 0.05) is 49.7 Å². The number of piperazine rings is 1. The Hall–Kier alpha value is -2.16. The first-order chi connectivity index (χ1) is 19.0. The van der Waals surface area contributed by atoms with Gasteiger partial charge in [0.2, 0.25) is 17.7 Å². The van der Waals surface area contributed by atoms with Crippen molar-refractivity contribution in [3.8, 4) is 0 Å². The van der Waals surface area contributed by atoms with Crippen molar-refractivity contribution < 1.29 is 14.4 Å². The lowest BCUT2D eigenvalue weighted by atomic mass is 9.63. The van der Waals surface area contributed by atoms with Crippen LogP contribution in [-0.4, -0.2) is 84.9 Å². The van der Waals surface area contributed by atoms with Gasteiger partial charge in [-0.2, -0.15) is 0 Å². The highest BCUT2D eigenvalue weighted by Gasteiger charge is 2.49. The van der Waals surface area contributed by atoms with Gasteiger partial charge in [-0.15, -0.1) is 0 Å². The summed E-state index contributed by atoms with van der Waals surface area (Å²) in [6.07, 6.45) is 7.40. The Kier molecular flexibility index (Phi) is 10.2. The number of nitrogens with zero attached hydrogens (tertiary/aromatic N) is 2. The van der Waals surface area contributed by atoms with Crippen LogP contribution >= 0.6 is 11.6 Å². The van der Waals surface area contributed by atoms with Crippen LogP contribution in [0.1, 0.15) is 71.3 Å². The Morgan fingerprint density at radius 3 is 2.30 bits per heavy atom. The Morgan fingerprint density at radius 1 is 1.05 bits per heavy atom. The predicted molar refractivity (Wildman–Crippen MR) is 159 cm³/mol. The van der Waals surface area contributed by atoms with Crippen molar-refractivity contribution in [1.29, 1.82) is 0 Å². The van der Waals surface area contributed by atoms with Gasteiger partial charge in [-0.05, 0) is 77.1 Å². The Morgan fingerprint density at radius 2 is 1.70 bits per heavy atom. The molecule has 2 aliphatic heterocycles. The normalized spacial score (nSPS) is 23.3. The molecule has 1 saturated carbocycles. The number of hydrogen-bond donors (Lipinski definition) is 3. The number of likely N-dealkylation sites (tertiary alicyclic amines) is 1. The summed E-state index contributed by atoms with van der Waals surface area (Å²) >= 11 is 6.10. The summed E-state index contributed by atoms with van der Waals surface area (Å²) in [4.78, 5) is 45.0. The summed E-state index contributed by atoms with van der Waals surface area (Å²) in [5, 5.41) is 10.3. The van der Waals surface area contributed by atoms with E-state index < -0.39 is 11.5 Å². The minimum absolute atomic E-state index is 0.0825. The van der Waals surface area contributed by atoms with Gasteiger partial charge in [-0.1, -0.05) is 43.0 Å². The number of carbonyl (C=O) groups is 3. The Bertz CT molecular complexity index is 1030. The van der Waals surface area contributed by atoms with Gasteiger partial charge in [-0.25, -0.2) is 0 Å². The molecule has 4 rings (SSSR count). The second-order valence-corrected chi connectivity index (χ2v) is 13.6. The third-order valence-electron chi connectivity index (χ3n) is 8.96. The number of rotatable bonds is 7. The molecule has 1 aromatic carbocycles. The van der Waals surface area contributed by atoms with Crippen molar-refractivity contribution in [2.24, 2.45) is 11.3 Å². The largest absolute Gasteiger partial charge is 0.351 e. The van der Waals surface area contributed by atoms with E-state index in [0.717, 1.165) is 44.3 Å². The van der Waals surface area contributed by atoms with Crippen molar-refractivity contribution in [2.45, 2.75) is 89.8 Å². The molecule has 0 aromatic heterocycles. The maximum absolute atomic E-state index is 14.0. The Balaban J connectivity index is 1.50. The van der Waals surface area contributed by atoms with Gasteiger partial charge < -0.3 is 25.8 Å².